The van der Waals surface area contributed by atoms with Crippen molar-refractivity contribution in [3.63, 3.8) is 0 Å². The number of aliphatic hydroxyl groups is 2. The Bertz CT molecular complexity index is 785. The molecule has 4 heterocycles. The van der Waals surface area contributed by atoms with Crippen LogP contribution in [0.15, 0.2) is 37.2 Å². The molecule has 0 unspecified atom stereocenters. The third kappa shape index (κ3) is 2.00. The van der Waals surface area contributed by atoms with E-state index in [1.807, 2.05) is 29.1 Å². The fourth-order valence-electron chi connectivity index (χ4n) is 2.79. The van der Waals surface area contributed by atoms with Gasteiger partial charge in [0.1, 0.15) is 12.4 Å². The third-order valence-electron chi connectivity index (χ3n) is 3.83. The van der Waals surface area contributed by atoms with Crippen molar-refractivity contribution in [3.8, 4) is 5.82 Å². The topological polar surface area (TPSA) is 98.2 Å². The summed E-state index contributed by atoms with van der Waals surface area (Å²) in [5.74, 6) is 0.667. The molecule has 0 bridgehead atoms. The molecule has 22 heavy (non-hydrogen) atoms. The van der Waals surface area contributed by atoms with E-state index in [0.29, 0.717) is 23.4 Å². The molecule has 4 rings (SSSR count). The van der Waals surface area contributed by atoms with E-state index in [9.17, 15) is 10.2 Å². The number of aromatic nitrogens is 5. The van der Waals surface area contributed by atoms with Crippen LogP contribution in [0, 0.1) is 0 Å². The minimum absolute atomic E-state index is 0.121. The zero-order valence-electron chi connectivity index (χ0n) is 11.6. The van der Waals surface area contributed by atoms with E-state index in [1.165, 1.54) is 6.33 Å². The normalized spacial score (nSPS) is 25.1. The molecule has 0 amide bonds. The predicted molar refractivity (Wildman–Crippen MR) is 76.3 cm³/mol. The number of fused-ring (bicyclic) bond motifs is 1. The summed E-state index contributed by atoms with van der Waals surface area (Å²) in [5, 5.41) is 19.3. The number of ether oxygens (including phenoxy) is 1. The first kappa shape index (κ1) is 13.4. The molecule has 0 spiro atoms. The fourth-order valence-corrected chi connectivity index (χ4v) is 2.79. The van der Waals surface area contributed by atoms with Crippen molar-refractivity contribution in [1.82, 2.24) is 24.1 Å². The molecule has 1 fully saturated rings. The molecule has 114 valence electrons. The van der Waals surface area contributed by atoms with Crippen molar-refractivity contribution >= 4 is 11.2 Å². The monoisotopic (exact) mass is 301 g/mol. The van der Waals surface area contributed by atoms with E-state index in [-0.39, 0.29) is 12.7 Å². The van der Waals surface area contributed by atoms with Crippen LogP contribution in [0.2, 0.25) is 0 Å². The molecule has 3 atom stereocenters. The van der Waals surface area contributed by atoms with Crippen LogP contribution in [0.3, 0.4) is 0 Å². The third-order valence-corrected chi connectivity index (χ3v) is 3.83. The molecule has 2 N–H and O–H groups in total. The second-order valence-corrected chi connectivity index (χ2v) is 5.25. The van der Waals surface area contributed by atoms with Crippen molar-refractivity contribution in [2.24, 2.45) is 0 Å². The van der Waals surface area contributed by atoms with Gasteiger partial charge in [-0.1, -0.05) is 0 Å². The quantitative estimate of drug-likeness (QED) is 0.720. The lowest BCUT2D eigenvalue weighted by Gasteiger charge is -2.16. The van der Waals surface area contributed by atoms with Crippen molar-refractivity contribution in [2.75, 3.05) is 6.61 Å². The van der Waals surface area contributed by atoms with E-state index in [0.717, 1.165) is 0 Å². The number of imidazole rings is 1. The lowest BCUT2D eigenvalue weighted by molar-refractivity contribution is -0.0486. The smallest absolute Gasteiger partial charge is 0.168 e. The highest BCUT2D eigenvalue weighted by Gasteiger charge is 2.36. The zero-order chi connectivity index (χ0) is 15.1. The Morgan fingerprint density at radius 1 is 1.23 bits per heavy atom. The molecule has 1 aliphatic rings. The Hall–Kier alpha value is -2.29. The van der Waals surface area contributed by atoms with Crippen molar-refractivity contribution in [1.29, 1.82) is 0 Å². The molecule has 3 aromatic heterocycles. The Kier molecular flexibility index (Phi) is 3.14. The summed E-state index contributed by atoms with van der Waals surface area (Å²) in [6.07, 6.45) is 5.50. The lowest BCUT2D eigenvalue weighted by Crippen LogP contribution is -2.19. The Balaban J connectivity index is 1.80. The molecule has 0 radical (unpaired) electrons. The molecule has 0 aliphatic carbocycles. The minimum atomic E-state index is -0.709. The zero-order valence-corrected chi connectivity index (χ0v) is 11.6. The highest BCUT2D eigenvalue weighted by atomic mass is 16.5. The van der Waals surface area contributed by atoms with Gasteiger partial charge in [-0.25, -0.2) is 15.0 Å². The summed E-state index contributed by atoms with van der Waals surface area (Å²) >= 11 is 0. The molecular weight excluding hydrogens is 286 g/mol. The number of hydrogen-bond donors (Lipinski definition) is 2. The van der Waals surface area contributed by atoms with E-state index >= 15 is 0 Å². The first-order valence-electron chi connectivity index (χ1n) is 7.03. The molecule has 0 aromatic carbocycles. The van der Waals surface area contributed by atoms with Crippen molar-refractivity contribution in [2.45, 2.75) is 24.9 Å². The fraction of sp³-hybridized carbons (Fsp3) is 0.357. The average Bonchev–Trinajstić information content (AvgIpc) is 3.25. The number of nitrogens with zero attached hydrogens (tertiary/aromatic N) is 5. The molecule has 8 heteroatoms. The van der Waals surface area contributed by atoms with Gasteiger partial charge in [0.05, 0.1) is 19.0 Å². The van der Waals surface area contributed by atoms with Gasteiger partial charge >= 0.3 is 0 Å². The van der Waals surface area contributed by atoms with Gasteiger partial charge in [-0.15, -0.1) is 0 Å². The first-order chi connectivity index (χ1) is 10.8. The molecule has 1 aliphatic heterocycles. The van der Waals surface area contributed by atoms with Gasteiger partial charge < -0.3 is 19.5 Å². The number of rotatable bonds is 3. The van der Waals surface area contributed by atoms with Crippen LogP contribution in [-0.4, -0.2) is 53.1 Å². The van der Waals surface area contributed by atoms with E-state index in [1.54, 1.807) is 10.9 Å². The van der Waals surface area contributed by atoms with Gasteiger partial charge in [0.15, 0.2) is 23.2 Å². The average molecular weight is 301 g/mol. The van der Waals surface area contributed by atoms with Gasteiger partial charge in [0.25, 0.3) is 0 Å². The maximum absolute atomic E-state index is 10.1. The van der Waals surface area contributed by atoms with Crippen LogP contribution < -0.4 is 0 Å². The molecule has 8 nitrogen and oxygen atoms in total. The SMILES string of the molecule is OC[C@@H]1C[C@@H](O)[C@H](n2cnc3c(-n4cccc4)ncnc32)O1. The number of aliphatic hydroxyl groups excluding tert-OH is 2. The Morgan fingerprint density at radius 3 is 2.77 bits per heavy atom. The highest BCUT2D eigenvalue weighted by Crippen LogP contribution is 2.31. The predicted octanol–water partition coefficient (Wildman–Crippen LogP) is 0.258. The van der Waals surface area contributed by atoms with Gasteiger partial charge in [-0.3, -0.25) is 4.57 Å². The highest BCUT2D eigenvalue weighted by molar-refractivity contribution is 5.78. The summed E-state index contributed by atoms with van der Waals surface area (Å²) in [4.78, 5) is 12.9. The van der Waals surface area contributed by atoms with Crippen molar-refractivity contribution in [3.05, 3.63) is 37.2 Å². The summed E-state index contributed by atoms with van der Waals surface area (Å²) in [6, 6.07) is 3.81. The van der Waals surface area contributed by atoms with Crippen LogP contribution in [0.4, 0.5) is 0 Å². The van der Waals surface area contributed by atoms with Crippen LogP contribution in [-0.2, 0) is 4.74 Å². The number of hydrogen-bond acceptors (Lipinski definition) is 6. The molecule has 3 aromatic rings. The van der Waals surface area contributed by atoms with Crippen molar-refractivity contribution < 1.29 is 14.9 Å². The summed E-state index contributed by atoms with van der Waals surface area (Å²) < 4.78 is 9.20. The van der Waals surface area contributed by atoms with Gasteiger partial charge in [-0.05, 0) is 12.1 Å². The molecule has 0 saturated carbocycles. The molecular formula is C14H15N5O3. The van der Waals surface area contributed by atoms with E-state index in [2.05, 4.69) is 15.0 Å². The van der Waals surface area contributed by atoms with Crippen LogP contribution in [0.1, 0.15) is 12.6 Å². The standard InChI is InChI=1S/C14H15N5O3/c20-6-9-5-10(21)14(22-9)19-8-17-11-12(15-7-16-13(11)19)18-3-1-2-4-18/h1-4,7-10,14,20-21H,5-6H2/t9-,10+,14+/m0/s1. The summed E-state index contributed by atoms with van der Waals surface area (Å²) in [6.45, 7) is -0.121. The van der Waals surface area contributed by atoms with Crippen LogP contribution in [0.25, 0.3) is 17.0 Å². The molecule has 1 saturated heterocycles. The Labute approximate surface area is 125 Å². The Morgan fingerprint density at radius 2 is 2.05 bits per heavy atom. The maximum atomic E-state index is 10.1. The first-order valence-corrected chi connectivity index (χ1v) is 7.03. The van der Waals surface area contributed by atoms with Gasteiger partial charge in [0.2, 0.25) is 0 Å². The summed E-state index contributed by atoms with van der Waals surface area (Å²) in [7, 11) is 0. The second kappa shape index (κ2) is 5.16. The van der Waals surface area contributed by atoms with Gasteiger partial charge in [-0.2, -0.15) is 0 Å². The van der Waals surface area contributed by atoms with E-state index < -0.39 is 12.3 Å². The van der Waals surface area contributed by atoms with Crippen LogP contribution in [0.5, 0.6) is 0 Å². The second-order valence-electron chi connectivity index (χ2n) is 5.25. The van der Waals surface area contributed by atoms with E-state index in [4.69, 9.17) is 4.74 Å². The minimum Gasteiger partial charge on any atom is -0.394 e. The van der Waals surface area contributed by atoms with Crippen LogP contribution >= 0.6 is 0 Å². The maximum Gasteiger partial charge on any atom is 0.168 e. The lowest BCUT2D eigenvalue weighted by atomic mass is 10.2. The summed E-state index contributed by atoms with van der Waals surface area (Å²) in [5.41, 5.74) is 1.21. The largest absolute Gasteiger partial charge is 0.394 e. The van der Waals surface area contributed by atoms with Gasteiger partial charge in [0, 0.05) is 18.8 Å².